The Kier molecular flexibility index (Phi) is 5.40. The molecule has 1 aromatic heterocycles. The van der Waals surface area contributed by atoms with Crippen molar-refractivity contribution in [2.24, 2.45) is 0 Å². The molecule has 0 unspecified atom stereocenters. The van der Waals surface area contributed by atoms with Crippen molar-refractivity contribution in [1.29, 1.82) is 0 Å². The highest BCUT2D eigenvalue weighted by atomic mass is 19.2. The highest BCUT2D eigenvalue weighted by Gasteiger charge is 2.12. The van der Waals surface area contributed by atoms with Crippen molar-refractivity contribution in [2.75, 3.05) is 10.6 Å². The van der Waals surface area contributed by atoms with Crippen LogP contribution in [-0.4, -0.2) is 15.9 Å². The normalized spacial score (nSPS) is 10.5. The van der Waals surface area contributed by atoms with Crippen molar-refractivity contribution in [3.8, 4) is 0 Å². The minimum atomic E-state index is -1.04. The lowest BCUT2D eigenvalue weighted by Gasteiger charge is -2.10. The van der Waals surface area contributed by atoms with E-state index < -0.39 is 17.5 Å². The Morgan fingerprint density at radius 2 is 1.81 bits per heavy atom. The van der Waals surface area contributed by atoms with E-state index in [0.717, 1.165) is 23.3 Å². The molecule has 2 N–H and O–H groups in total. The van der Waals surface area contributed by atoms with Gasteiger partial charge in [0.25, 0.3) is 5.91 Å². The molecule has 138 valence electrons. The van der Waals surface area contributed by atoms with E-state index in [4.69, 9.17) is 0 Å². The number of hydrogen-bond donors (Lipinski definition) is 2. The number of nitrogens with one attached hydrogen (secondary N) is 2. The predicted octanol–water partition coefficient (Wildman–Crippen LogP) is 4.24. The third-order valence-electron chi connectivity index (χ3n) is 3.80. The Hall–Kier alpha value is -3.35. The first-order chi connectivity index (χ1) is 12.9. The van der Waals surface area contributed by atoms with Gasteiger partial charge in [0, 0.05) is 24.4 Å². The van der Waals surface area contributed by atoms with Gasteiger partial charge in [-0.1, -0.05) is 29.8 Å². The van der Waals surface area contributed by atoms with Gasteiger partial charge in [0.15, 0.2) is 11.6 Å². The third-order valence-corrected chi connectivity index (χ3v) is 3.80. The van der Waals surface area contributed by atoms with E-state index in [-0.39, 0.29) is 11.4 Å². The maximum absolute atomic E-state index is 13.3. The van der Waals surface area contributed by atoms with Gasteiger partial charge in [0.1, 0.15) is 17.3 Å². The average Bonchev–Trinajstić information content (AvgIpc) is 2.63. The Labute approximate surface area is 155 Å². The quantitative estimate of drug-likeness (QED) is 0.707. The van der Waals surface area contributed by atoms with Crippen LogP contribution in [0.15, 0.2) is 48.5 Å². The molecule has 0 saturated carbocycles. The van der Waals surface area contributed by atoms with E-state index in [1.54, 1.807) is 6.92 Å². The van der Waals surface area contributed by atoms with Gasteiger partial charge < -0.3 is 10.6 Å². The van der Waals surface area contributed by atoms with E-state index in [9.17, 15) is 13.6 Å². The fraction of sp³-hybridized carbons (Fsp3) is 0.150. The summed E-state index contributed by atoms with van der Waals surface area (Å²) in [6, 6.07) is 12.7. The van der Waals surface area contributed by atoms with Gasteiger partial charge >= 0.3 is 0 Å². The van der Waals surface area contributed by atoms with Gasteiger partial charge in [0.05, 0.1) is 0 Å². The SMILES string of the molecule is Cc1cccc(CNc2cc(C(=O)Nc3ccc(F)c(F)c3)nc(C)n2)c1. The van der Waals surface area contributed by atoms with E-state index in [1.165, 1.54) is 12.1 Å². The largest absolute Gasteiger partial charge is 0.366 e. The third kappa shape index (κ3) is 4.84. The number of aryl methyl sites for hydroxylation is 2. The van der Waals surface area contributed by atoms with Crippen LogP contribution < -0.4 is 10.6 Å². The zero-order valence-corrected chi connectivity index (χ0v) is 14.9. The molecule has 0 aliphatic heterocycles. The molecule has 1 amide bonds. The van der Waals surface area contributed by atoms with Crippen molar-refractivity contribution in [2.45, 2.75) is 20.4 Å². The molecule has 7 heteroatoms. The van der Waals surface area contributed by atoms with Crippen molar-refractivity contribution in [1.82, 2.24) is 9.97 Å². The summed E-state index contributed by atoms with van der Waals surface area (Å²) in [5, 5.41) is 5.66. The molecule has 3 rings (SSSR count). The van der Waals surface area contributed by atoms with E-state index in [0.29, 0.717) is 18.2 Å². The molecule has 5 nitrogen and oxygen atoms in total. The molecule has 0 spiro atoms. The van der Waals surface area contributed by atoms with Crippen LogP contribution in [0.1, 0.15) is 27.4 Å². The number of benzene rings is 2. The van der Waals surface area contributed by atoms with Crippen LogP contribution in [0, 0.1) is 25.5 Å². The number of nitrogens with zero attached hydrogens (tertiary/aromatic N) is 2. The lowest BCUT2D eigenvalue weighted by molar-refractivity contribution is 0.102. The van der Waals surface area contributed by atoms with E-state index in [1.807, 2.05) is 25.1 Å². The van der Waals surface area contributed by atoms with Crippen molar-refractivity contribution < 1.29 is 13.6 Å². The summed E-state index contributed by atoms with van der Waals surface area (Å²) in [6.07, 6.45) is 0. The number of rotatable bonds is 5. The molecule has 27 heavy (non-hydrogen) atoms. The summed E-state index contributed by atoms with van der Waals surface area (Å²) >= 11 is 0. The van der Waals surface area contributed by atoms with Crippen LogP contribution in [0.2, 0.25) is 0 Å². The lowest BCUT2D eigenvalue weighted by atomic mass is 10.1. The second-order valence-electron chi connectivity index (χ2n) is 6.11. The highest BCUT2D eigenvalue weighted by Crippen LogP contribution is 2.15. The highest BCUT2D eigenvalue weighted by molar-refractivity contribution is 6.03. The number of carbonyl (C=O) groups excluding carboxylic acids is 1. The molecule has 0 radical (unpaired) electrons. The first-order valence-electron chi connectivity index (χ1n) is 8.32. The summed E-state index contributed by atoms with van der Waals surface area (Å²) in [5.74, 6) is -1.63. The fourth-order valence-electron chi connectivity index (χ4n) is 2.56. The standard InChI is InChI=1S/C20H18F2N4O/c1-12-4-3-5-14(8-12)11-23-19-10-18(24-13(2)25-19)20(27)26-15-6-7-16(21)17(22)9-15/h3-10H,11H2,1-2H3,(H,26,27)(H,23,24,25). The maximum atomic E-state index is 13.3. The van der Waals surface area contributed by atoms with Gasteiger partial charge in [-0.2, -0.15) is 0 Å². The maximum Gasteiger partial charge on any atom is 0.274 e. The number of aromatic nitrogens is 2. The minimum Gasteiger partial charge on any atom is -0.366 e. The van der Waals surface area contributed by atoms with Crippen molar-refractivity contribution >= 4 is 17.4 Å². The zero-order chi connectivity index (χ0) is 19.4. The second kappa shape index (κ2) is 7.90. The van der Waals surface area contributed by atoms with Gasteiger partial charge in [-0.25, -0.2) is 18.7 Å². The van der Waals surface area contributed by atoms with Gasteiger partial charge in [-0.3, -0.25) is 4.79 Å². The van der Waals surface area contributed by atoms with E-state index in [2.05, 4.69) is 26.7 Å². The summed E-state index contributed by atoms with van der Waals surface area (Å²) in [6.45, 7) is 4.23. The predicted molar refractivity (Wildman–Crippen MR) is 99.6 cm³/mol. The monoisotopic (exact) mass is 368 g/mol. The molecule has 0 aliphatic rings. The van der Waals surface area contributed by atoms with E-state index >= 15 is 0 Å². The summed E-state index contributed by atoms with van der Waals surface area (Å²) in [7, 11) is 0. The molecular weight excluding hydrogens is 350 g/mol. The molecule has 0 saturated heterocycles. The summed E-state index contributed by atoms with van der Waals surface area (Å²) < 4.78 is 26.3. The first-order valence-corrected chi connectivity index (χ1v) is 8.32. The number of anilines is 2. The number of amides is 1. The zero-order valence-electron chi connectivity index (χ0n) is 14.9. The lowest BCUT2D eigenvalue weighted by Crippen LogP contribution is -2.16. The first kappa shape index (κ1) is 18.4. The Morgan fingerprint density at radius 1 is 1.00 bits per heavy atom. The van der Waals surface area contributed by atoms with Gasteiger partial charge in [0.2, 0.25) is 0 Å². The number of hydrogen-bond acceptors (Lipinski definition) is 4. The average molecular weight is 368 g/mol. The van der Waals surface area contributed by atoms with Gasteiger partial charge in [-0.15, -0.1) is 0 Å². The fourth-order valence-corrected chi connectivity index (χ4v) is 2.56. The number of halogens is 2. The van der Waals surface area contributed by atoms with Crippen molar-refractivity contribution in [3.05, 3.63) is 82.8 Å². The summed E-state index contributed by atoms with van der Waals surface area (Å²) in [4.78, 5) is 20.8. The molecule has 3 aromatic rings. The van der Waals surface area contributed by atoms with Crippen molar-refractivity contribution in [3.63, 3.8) is 0 Å². The Balaban J connectivity index is 1.73. The van der Waals surface area contributed by atoms with Crippen LogP contribution >= 0.6 is 0 Å². The van der Waals surface area contributed by atoms with Crippen LogP contribution in [0.3, 0.4) is 0 Å². The molecule has 0 fully saturated rings. The van der Waals surface area contributed by atoms with Crippen LogP contribution in [-0.2, 0) is 6.54 Å². The Bertz CT molecular complexity index is 991. The molecule has 0 atom stereocenters. The minimum absolute atomic E-state index is 0.124. The summed E-state index contributed by atoms with van der Waals surface area (Å²) in [5.41, 5.74) is 2.50. The molecular formula is C20H18F2N4O. The molecule has 1 heterocycles. The smallest absolute Gasteiger partial charge is 0.274 e. The van der Waals surface area contributed by atoms with Gasteiger partial charge in [-0.05, 0) is 31.5 Å². The molecule has 0 bridgehead atoms. The molecule has 0 aliphatic carbocycles. The number of carbonyl (C=O) groups is 1. The van der Waals surface area contributed by atoms with Crippen LogP contribution in [0.4, 0.5) is 20.3 Å². The van der Waals surface area contributed by atoms with Crippen LogP contribution in [0.25, 0.3) is 0 Å². The second-order valence-corrected chi connectivity index (χ2v) is 6.11. The topological polar surface area (TPSA) is 66.9 Å². The molecule has 2 aromatic carbocycles. The Morgan fingerprint density at radius 3 is 2.56 bits per heavy atom. The van der Waals surface area contributed by atoms with Crippen LogP contribution in [0.5, 0.6) is 0 Å².